The number of carbonyl (C=O) groups excluding carboxylic acids is 4. The number of nitrogens with one attached hydrogen (secondary N) is 2. The van der Waals surface area contributed by atoms with Gasteiger partial charge in [0.05, 0.1) is 19.7 Å². The molecule has 4 amide bonds. The molecule has 0 saturated heterocycles. The van der Waals surface area contributed by atoms with Gasteiger partial charge in [0.1, 0.15) is 13.2 Å². The van der Waals surface area contributed by atoms with Gasteiger partial charge in [0.2, 0.25) is 24.6 Å². The maximum absolute atomic E-state index is 11.7. The molecule has 7 aromatic carbocycles. The van der Waals surface area contributed by atoms with Crippen molar-refractivity contribution >= 4 is 49.9 Å². The van der Waals surface area contributed by atoms with Crippen LogP contribution in [0, 0.1) is 5.92 Å². The monoisotopic (exact) mass is 1350 g/mol. The van der Waals surface area contributed by atoms with E-state index < -0.39 is 0 Å². The normalized spacial score (nSPS) is 12.2. The van der Waals surface area contributed by atoms with Gasteiger partial charge in [-0.1, -0.05) is 251 Å². The molecule has 0 saturated carbocycles. The van der Waals surface area contributed by atoms with E-state index in [4.69, 9.17) is 48.9 Å². The third-order valence-corrected chi connectivity index (χ3v) is 14.5. The molecule has 7 aromatic rings. The number of hydrogen-bond acceptors (Lipinski definition) is 15. The van der Waals surface area contributed by atoms with E-state index in [-0.39, 0.29) is 54.5 Å². The number of nitrogens with two attached hydrogens (primary N) is 6. The fraction of sp³-hybridized carbons (Fsp3) is 0.351. The number of benzene rings is 7. The van der Waals surface area contributed by atoms with E-state index in [9.17, 15) is 19.2 Å². The van der Waals surface area contributed by atoms with Gasteiger partial charge in [-0.15, -0.1) is 0 Å². The third-order valence-electron chi connectivity index (χ3n) is 13.9. The van der Waals surface area contributed by atoms with Crippen molar-refractivity contribution in [3.05, 3.63) is 276 Å². The quantitative estimate of drug-likeness (QED) is 0.00758. The number of allylic oxidation sites excluding steroid dienone is 1. The van der Waals surface area contributed by atoms with E-state index in [1.807, 2.05) is 200 Å². The standard InChI is InChI=1S/2C17H20N2O2.C14H22N2O2.C11H16N2O.C10H15NS.C8H15NS/c18-17(11-15-7-3-1-4-8-15)12-19(14-20)21-13-16-9-5-2-6-10-16;18-16(11-14-7-3-1-4-8-14)12-17(20)19-21-13-15-9-5-2-6-10-15;1-12(2)8-14(15)9-16(11-17)18-10-13-6-4-3-5-7-13;1-13-11(14)8-10(12)7-9-5-3-2-4-6-9;11-10(6-7-12)8-9-4-2-1-3-5-9;1-3-7(2)6-8(9)4-5-10/h1-10,14,17H,11-13,18H2;1-10,16H,11-13,18H2,(H,19,20);3-7,11-12,14H,8-10,15H2,1-2H3;2-6,10H,7-8,12H2,1H3,(H,13,14);1-5,10,12H,6-8,11H2;3,8,10H,1-2,4-6,9H2. The minimum atomic E-state index is -0.215. The summed E-state index contributed by atoms with van der Waals surface area (Å²) in [7, 11) is 1.62. The summed E-state index contributed by atoms with van der Waals surface area (Å²) in [5.41, 5.74) is 46.6. The molecule has 0 aliphatic rings. The summed E-state index contributed by atoms with van der Waals surface area (Å²) < 4.78 is 0. The first-order chi connectivity index (χ1) is 46.4. The van der Waals surface area contributed by atoms with Crippen molar-refractivity contribution in [2.24, 2.45) is 40.3 Å². The Balaban J connectivity index is 0.000000400. The molecular formula is C77H108N10O7S2. The van der Waals surface area contributed by atoms with Gasteiger partial charge < -0.3 is 39.7 Å². The molecule has 17 nitrogen and oxygen atoms in total. The molecule has 0 radical (unpaired) electrons. The molecule has 0 spiro atoms. The number of rotatable bonds is 36. The molecule has 520 valence electrons. The maximum Gasteiger partial charge on any atom is 0.245 e. The smallest absolute Gasteiger partial charge is 0.245 e. The van der Waals surface area contributed by atoms with Crippen molar-refractivity contribution in [3.63, 3.8) is 0 Å². The summed E-state index contributed by atoms with van der Waals surface area (Å²) in [6.07, 6.45) is 10.4. The summed E-state index contributed by atoms with van der Waals surface area (Å²) in [5, 5.41) is 5.11. The van der Waals surface area contributed by atoms with E-state index in [1.54, 1.807) is 13.1 Å². The highest BCUT2D eigenvalue weighted by Crippen LogP contribution is 2.11. The summed E-state index contributed by atoms with van der Waals surface area (Å²) in [6.45, 7) is 13.5. The van der Waals surface area contributed by atoms with E-state index >= 15 is 0 Å². The van der Waals surface area contributed by atoms with Crippen LogP contribution < -0.4 is 45.2 Å². The van der Waals surface area contributed by atoms with E-state index in [1.165, 1.54) is 21.3 Å². The highest BCUT2D eigenvalue weighted by Gasteiger charge is 2.14. The second-order valence-electron chi connectivity index (χ2n) is 23.3. The molecule has 14 N–H and O–H groups in total. The van der Waals surface area contributed by atoms with Crippen molar-refractivity contribution in [2.75, 3.05) is 31.6 Å². The summed E-state index contributed by atoms with van der Waals surface area (Å²) >= 11 is 8.22. The molecule has 0 fully saturated rings. The zero-order chi connectivity index (χ0) is 70.4. The van der Waals surface area contributed by atoms with Gasteiger partial charge in [-0.3, -0.25) is 33.7 Å². The Hall–Kier alpha value is -7.76. The molecule has 0 heterocycles. The van der Waals surface area contributed by atoms with Crippen LogP contribution in [0.4, 0.5) is 0 Å². The highest BCUT2D eigenvalue weighted by atomic mass is 32.1. The van der Waals surface area contributed by atoms with Crippen LogP contribution in [0.5, 0.6) is 0 Å². The van der Waals surface area contributed by atoms with Gasteiger partial charge >= 0.3 is 0 Å². The maximum atomic E-state index is 11.7. The number of hydroxylamine groups is 5. The first-order valence-corrected chi connectivity index (χ1v) is 33.8. The van der Waals surface area contributed by atoms with Crippen molar-refractivity contribution in [1.82, 2.24) is 20.9 Å². The van der Waals surface area contributed by atoms with Crippen molar-refractivity contribution in [2.45, 2.75) is 134 Å². The third kappa shape index (κ3) is 44.8. The van der Waals surface area contributed by atoms with Gasteiger partial charge in [-0.25, -0.2) is 15.6 Å². The largest absolute Gasteiger partial charge is 0.359 e. The Morgan fingerprint density at radius 1 is 0.448 bits per heavy atom. The van der Waals surface area contributed by atoms with Crippen molar-refractivity contribution < 1.29 is 33.7 Å². The first kappa shape index (κ1) is 84.3. The second-order valence-corrected chi connectivity index (χ2v) is 24.2. The summed E-state index contributed by atoms with van der Waals surface area (Å²) in [6, 6.07) is 69.2. The molecule has 0 bridgehead atoms. The highest BCUT2D eigenvalue weighted by molar-refractivity contribution is 7.80. The number of nitrogens with zero attached hydrogens (tertiary/aromatic N) is 2. The second kappa shape index (κ2) is 54.4. The predicted octanol–water partition coefficient (Wildman–Crippen LogP) is 10.6. The van der Waals surface area contributed by atoms with Crippen LogP contribution in [-0.4, -0.2) is 103 Å². The van der Waals surface area contributed by atoms with Crippen LogP contribution >= 0.6 is 25.3 Å². The number of thiol groups is 2. The van der Waals surface area contributed by atoms with Crippen LogP contribution in [0.1, 0.15) is 91.3 Å². The molecule has 6 unspecified atom stereocenters. The molecule has 0 aliphatic heterocycles. The zero-order valence-corrected chi connectivity index (χ0v) is 58.3. The number of carbonyl (C=O) groups is 4. The molecule has 19 heteroatoms. The average molecular weight is 1350 g/mol. The molecule has 6 atom stereocenters. The lowest BCUT2D eigenvalue weighted by atomic mass is 10.0. The molecule has 0 aromatic heterocycles. The lowest BCUT2D eigenvalue weighted by molar-refractivity contribution is -0.179. The van der Waals surface area contributed by atoms with Gasteiger partial charge in [-0.2, -0.15) is 25.3 Å². The van der Waals surface area contributed by atoms with Crippen molar-refractivity contribution in [1.29, 1.82) is 0 Å². The number of amides is 4. The van der Waals surface area contributed by atoms with Crippen LogP contribution in [-0.2, 0) is 79.2 Å². The van der Waals surface area contributed by atoms with Gasteiger partial charge in [-0.05, 0) is 108 Å². The van der Waals surface area contributed by atoms with Gasteiger partial charge in [0.25, 0.3) is 0 Å². The van der Waals surface area contributed by atoms with Crippen LogP contribution in [0.2, 0.25) is 0 Å². The Morgan fingerprint density at radius 2 is 0.760 bits per heavy atom. The Bertz CT molecular complexity index is 3060. The van der Waals surface area contributed by atoms with E-state index in [0.29, 0.717) is 70.9 Å². The Labute approximate surface area is 583 Å². The zero-order valence-electron chi connectivity index (χ0n) is 56.5. The summed E-state index contributed by atoms with van der Waals surface area (Å²) in [5.74, 6) is 2.02. The fourth-order valence-electron chi connectivity index (χ4n) is 9.08. The van der Waals surface area contributed by atoms with E-state index in [0.717, 1.165) is 83.4 Å². The van der Waals surface area contributed by atoms with Crippen LogP contribution in [0.3, 0.4) is 0 Å². The van der Waals surface area contributed by atoms with Crippen LogP contribution in [0.25, 0.3) is 0 Å². The average Bonchev–Trinajstić information content (AvgIpc) is 3.19. The molecule has 7 rings (SSSR count). The van der Waals surface area contributed by atoms with E-state index in [2.05, 4.69) is 75.2 Å². The lowest BCUT2D eigenvalue weighted by Crippen LogP contribution is -2.38. The topological polar surface area (TPSA) is 283 Å². The Morgan fingerprint density at radius 3 is 1.09 bits per heavy atom. The molecule has 0 aliphatic carbocycles. The molecule has 96 heavy (non-hydrogen) atoms. The predicted molar refractivity (Wildman–Crippen MR) is 399 cm³/mol. The fourth-order valence-corrected chi connectivity index (χ4v) is 9.75. The minimum Gasteiger partial charge on any atom is -0.359 e. The summed E-state index contributed by atoms with van der Waals surface area (Å²) in [4.78, 5) is 60.8. The van der Waals surface area contributed by atoms with Crippen molar-refractivity contribution in [3.8, 4) is 0 Å². The lowest BCUT2D eigenvalue weighted by Gasteiger charge is -2.22. The SMILES string of the molecule is C=CC(=C)CC(N)CCS.CC(C)CC(N)CN(C=O)OCc1ccccc1.CNC(=O)CC(N)Cc1ccccc1.NC(CC(=O)NOCc1ccccc1)Cc1ccccc1.NC(CCS)Cc1ccccc1.NC(Cc1ccccc1)CN(C=O)OCc1ccccc1. The number of hydrogen-bond donors (Lipinski definition) is 10. The molecular weight excluding hydrogens is 1240 g/mol. The van der Waals surface area contributed by atoms with Gasteiger partial charge in [0.15, 0.2) is 0 Å². The first-order valence-electron chi connectivity index (χ1n) is 32.5. The minimum absolute atomic E-state index is 0.00608. The Kier molecular flexibility index (Phi) is 47.8. The van der Waals surface area contributed by atoms with Gasteiger partial charge in [0, 0.05) is 56.1 Å². The van der Waals surface area contributed by atoms with Crippen LogP contribution in [0.15, 0.2) is 237 Å².